The predicted molar refractivity (Wildman–Crippen MR) is 95.4 cm³/mol. The van der Waals surface area contributed by atoms with Crippen LogP contribution in [0.3, 0.4) is 0 Å². The molecule has 0 saturated carbocycles. The lowest BCUT2D eigenvalue weighted by atomic mass is 10.1. The first kappa shape index (κ1) is 17.0. The Labute approximate surface area is 147 Å². The maximum atomic E-state index is 5.68. The number of aromatic nitrogens is 1. The standard InChI is InChI=1S/C18H24N2O3S/c1-12(2)18-19-14(11-24-18)10-20(3)9-13-7-16-17(8-15(13)21-4)23-6-5-22-16/h7-8,11-12H,5-6,9-10H2,1-4H3. The molecule has 0 atom stereocenters. The van der Waals surface area contributed by atoms with E-state index >= 15 is 0 Å². The van der Waals surface area contributed by atoms with Gasteiger partial charge in [-0.1, -0.05) is 13.8 Å². The Morgan fingerprint density at radius 1 is 1.21 bits per heavy atom. The Kier molecular flexibility index (Phi) is 5.26. The molecule has 0 fully saturated rings. The van der Waals surface area contributed by atoms with Crippen LogP contribution in [0.25, 0.3) is 0 Å². The van der Waals surface area contributed by atoms with E-state index in [4.69, 9.17) is 19.2 Å². The zero-order valence-electron chi connectivity index (χ0n) is 14.7. The Bertz CT molecular complexity index is 700. The van der Waals surface area contributed by atoms with E-state index in [1.54, 1.807) is 18.4 Å². The monoisotopic (exact) mass is 348 g/mol. The molecule has 2 heterocycles. The van der Waals surface area contributed by atoms with Gasteiger partial charge in [0.1, 0.15) is 19.0 Å². The number of thiazole rings is 1. The summed E-state index contributed by atoms with van der Waals surface area (Å²) in [4.78, 5) is 6.93. The molecular weight excluding hydrogens is 324 g/mol. The minimum atomic E-state index is 0.479. The molecule has 0 aliphatic carbocycles. The van der Waals surface area contributed by atoms with Gasteiger partial charge in [-0.3, -0.25) is 4.90 Å². The summed E-state index contributed by atoms with van der Waals surface area (Å²) < 4.78 is 16.8. The summed E-state index contributed by atoms with van der Waals surface area (Å²) in [5, 5.41) is 3.34. The first-order valence-corrected chi connectivity index (χ1v) is 9.04. The fourth-order valence-electron chi connectivity index (χ4n) is 2.71. The van der Waals surface area contributed by atoms with Crippen molar-refractivity contribution in [2.24, 2.45) is 0 Å². The highest BCUT2D eigenvalue weighted by molar-refractivity contribution is 7.09. The number of nitrogens with zero attached hydrogens (tertiary/aromatic N) is 2. The number of rotatable bonds is 6. The summed E-state index contributed by atoms with van der Waals surface area (Å²) in [5.74, 6) is 2.85. The van der Waals surface area contributed by atoms with Crippen LogP contribution in [0.1, 0.15) is 36.0 Å². The SMILES string of the molecule is COc1cc2c(cc1CN(C)Cc1csc(C(C)C)n1)OCCO2. The quantitative estimate of drug-likeness (QED) is 0.797. The maximum absolute atomic E-state index is 5.68. The lowest BCUT2D eigenvalue weighted by molar-refractivity contribution is 0.170. The van der Waals surface area contributed by atoms with Crippen molar-refractivity contribution in [3.8, 4) is 17.2 Å². The van der Waals surface area contributed by atoms with Gasteiger partial charge in [-0.15, -0.1) is 11.3 Å². The molecule has 0 spiro atoms. The van der Waals surface area contributed by atoms with Gasteiger partial charge >= 0.3 is 0 Å². The van der Waals surface area contributed by atoms with E-state index in [2.05, 4.69) is 31.2 Å². The highest BCUT2D eigenvalue weighted by Gasteiger charge is 2.17. The molecule has 1 aromatic heterocycles. The molecule has 0 N–H and O–H groups in total. The van der Waals surface area contributed by atoms with E-state index in [1.165, 1.54) is 5.01 Å². The highest BCUT2D eigenvalue weighted by Crippen LogP contribution is 2.37. The van der Waals surface area contributed by atoms with E-state index in [-0.39, 0.29) is 0 Å². The van der Waals surface area contributed by atoms with Crippen molar-refractivity contribution in [1.82, 2.24) is 9.88 Å². The molecule has 0 radical (unpaired) electrons. The van der Waals surface area contributed by atoms with Crippen LogP contribution in [0.4, 0.5) is 0 Å². The summed E-state index contributed by atoms with van der Waals surface area (Å²) in [5.41, 5.74) is 2.20. The van der Waals surface area contributed by atoms with E-state index in [1.807, 2.05) is 12.1 Å². The third-order valence-corrected chi connectivity index (χ3v) is 5.07. The molecule has 0 amide bonds. The van der Waals surface area contributed by atoms with E-state index in [9.17, 15) is 0 Å². The van der Waals surface area contributed by atoms with Crippen LogP contribution >= 0.6 is 11.3 Å². The summed E-state index contributed by atoms with van der Waals surface area (Å²) in [7, 11) is 3.77. The summed E-state index contributed by atoms with van der Waals surface area (Å²) in [6, 6.07) is 3.93. The van der Waals surface area contributed by atoms with Gasteiger partial charge in [0.15, 0.2) is 11.5 Å². The second-order valence-corrected chi connectivity index (χ2v) is 7.20. The van der Waals surface area contributed by atoms with Crippen molar-refractivity contribution in [2.75, 3.05) is 27.4 Å². The van der Waals surface area contributed by atoms with Gasteiger partial charge in [-0.2, -0.15) is 0 Å². The van der Waals surface area contributed by atoms with Gasteiger partial charge in [-0.05, 0) is 13.1 Å². The first-order valence-electron chi connectivity index (χ1n) is 8.16. The molecule has 2 aromatic rings. The molecule has 1 aliphatic heterocycles. The minimum absolute atomic E-state index is 0.479. The molecule has 0 unspecified atom stereocenters. The van der Waals surface area contributed by atoms with Gasteiger partial charge in [-0.25, -0.2) is 4.98 Å². The third-order valence-electron chi connectivity index (χ3n) is 3.88. The molecule has 24 heavy (non-hydrogen) atoms. The first-order chi connectivity index (χ1) is 11.6. The van der Waals surface area contributed by atoms with E-state index < -0.39 is 0 Å². The molecule has 5 nitrogen and oxygen atoms in total. The summed E-state index contributed by atoms with van der Waals surface area (Å²) in [6.45, 7) is 7.08. The van der Waals surface area contributed by atoms with Crippen LogP contribution in [-0.2, 0) is 13.1 Å². The lowest BCUT2D eigenvalue weighted by Gasteiger charge is -2.22. The Morgan fingerprint density at radius 2 is 1.92 bits per heavy atom. The molecule has 0 bridgehead atoms. The van der Waals surface area contributed by atoms with Crippen molar-refractivity contribution in [3.63, 3.8) is 0 Å². The second-order valence-electron chi connectivity index (χ2n) is 6.31. The van der Waals surface area contributed by atoms with Gasteiger partial charge in [0, 0.05) is 36.0 Å². The predicted octanol–water partition coefficient (Wildman–Crippen LogP) is 3.68. The average Bonchev–Trinajstić information content (AvgIpc) is 3.02. The minimum Gasteiger partial charge on any atom is -0.496 e. The number of hydrogen-bond donors (Lipinski definition) is 0. The molecule has 6 heteroatoms. The molecular formula is C18H24N2O3S. The van der Waals surface area contributed by atoms with E-state index in [0.29, 0.717) is 19.1 Å². The zero-order chi connectivity index (χ0) is 17.1. The third kappa shape index (κ3) is 3.82. The Morgan fingerprint density at radius 3 is 2.54 bits per heavy atom. The van der Waals surface area contributed by atoms with Crippen molar-refractivity contribution in [1.29, 1.82) is 0 Å². The second kappa shape index (κ2) is 7.40. The molecule has 0 saturated heterocycles. The van der Waals surface area contributed by atoms with Crippen LogP contribution in [-0.4, -0.2) is 37.3 Å². The Balaban J connectivity index is 1.72. The number of ether oxygens (including phenoxy) is 3. The Hall–Kier alpha value is -1.79. The molecule has 130 valence electrons. The van der Waals surface area contributed by atoms with Crippen molar-refractivity contribution >= 4 is 11.3 Å². The van der Waals surface area contributed by atoms with Gasteiger partial charge in [0.25, 0.3) is 0 Å². The number of fused-ring (bicyclic) bond motifs is 1. The molecule has 3 rings (SSSR count). The van der Waals surface area contributed by atoms with Gasteiger partial charge < -0.3 is 14.2 Å². The number of benzene rings is 1. The van der Waals surface area contributed by atoms with Crippen LogP contribution < -0.4 is 14.2 Å². The van der Waals surface area contributed by atoms with Crippen molar-refractivity contribution in [3.05, 3.63) is 33.8 Å². The number of hydrogen-bond acceptors (Lipinski definition) is 6. The van der Waals surface area contributed by atoms with Crippen molar-refractivity contribution < 1.29 is 14.2 Å². The number of methoxy groups -OCH3 is 1. The normalized spacial score (nSPS) is 13.6. The van der Waals surface area contributed by atoms with Crippen LogP contribution in [0.5, 0.6) is 17.2 Å². The fourth-order valence-corrected chi connectivity index (χ4v) is 3.54. The lowest BCUT2D eigenvalue weighted by Crippen LogP contribution is -2.19. The van der Waals surface area contributed by atoms with Crippen molar-refractivity contribution in [2.45, 2.75) is 32.9 Å². The van der Waals surface area contributed by atoms with Gasteiger partial charge in [0.05, 0.1) is 17.8 Å². The van der Waals surface area contributed by atoms with Crippen LogP contribution in [0.2, 0.25) is 0 Å². The largest absolute Gasteiger partial charge is 0.496 e. The van der Waals surface area contributed by atoms with Gasteiger partial charge in [0.2, 0.25) is 0 Å². The van der Waals surface area contributed by atoms with Crippen LogP contribution in [0, 0.1) is 0 Å². The average molecular weight is 348 g/mol. The fraction of sp³-hybridized carbons (Fsp3) is 0.500. The highest BCUT2D eigenvalue weighted by atomic mass is 32.1. The smallest absolute Gasteiger partial charge is 0.165 e. The molecule has 1 aromatic carbocycles. The van der Waals surface area contributed by atoms with Crippen LogP contribution in [0.15, 0.2) is 17.5 Å². The van der Waals surface area contributed by atoms with E-state index in [0.717, 1.165) is 41.6 Å². The molecule has 1 aliphatic rings. The summed E-state index contributed by atoms with van der Waals surface area (Å²) in [6.07, 6.45) is 0. The maximum Gasteiger partial charge on any atom is 0.165 e. The topological polar surface area (TPSA) is 43.8 Å². The zero-order valence-corrected chi connectivity index (χ0v) is 15.5. The summed E-state index contributed by atoms with van der Waals surface area (Å²) >= 11 is 1.73.